The van der Waals surface area contributed by atoms with Gasteiger partial charge in [0.15, 0.2) is 0 Å². The number of halogens is 1. The monoisotopic (exact) mass is 247 g/mol. The molecule has 1 fully saturated rings. The van der Waals surface area contributed by atoms with E-state index in [0.29, 0.717) is 29.8 Å². The number of nitriles is 1. The summed E-state index contributed by atoms with van der Waals surface area (Å²) in [6.45, 7) is 3.53. The van der Waals surface area contributed by atoms with Gasteiger partial charge in [-0.25, -0.2) is 4.39 Å². The molecule has 2 unspecified atom stereocenters. The fraction of sp³-hybridized carbons (Fsp3) is 0.500. The van der Waals surface area contributed by atoms with Gasteiger partial charge in [0.25, 0.3) is 0 Å². The van der Waals surface area contributed by atoms with Gasteiger partial charge >= 0.3 is 0 Å². The smallest absolute Gasteiger partial charge is 0.147 e. The normalized spacial score (nSPS) is 23.8. The van der Waals surface area contributed by atoms with E-state index < -0.39 is 0 Å². The zero-order chi connectivity index (χ0) is 13.1. The molecule has 1 aliphatic rings. The van der Waals surface area contributed by atoms with Crippen LogP contribution in [0.1, 0.15) is 25.3 Å². The lowest BCUT2D eigenvalue weighted by molar-refractivity contribution is 0.370. The third-order valence-electron chi connectivity index (χ3n) is 3.70. The Morgan fingerprint density at radius 2 is 2.28 bits per heavy atom. The van der Waals surface area contributed by atoms with E-state index in [1.165, 1.54) is 6.07 Å². The summed E-state index contributed by atoms with van der Waals surface area (Å²) in [6, 6.07) is 6.93. The van der Waals surface area contributed by atoms with Crippen LogP contribution in [0.3, 0.4) is 0 Å². The molecule has 2 N–H and O–H groups in total. The molecule has 0 bridgehead atoms. The minimum atomic E-state index is -0.321. The van der Waals surface area contributed by atoms with Gasteiger partial charge in [-0.1, -0.05) is 0 Å². The molecule has 1 aliphatic heterocycles. The Bertz CT molecular complexity index is 467. The van der Waals surface area contributed by atoms with Gasteiger partial charge < -0.3 is 10.6 Å². The Hall–Kier alpha value is -1.60. The average Bonchev–Trinajstić information content (AvgIpc) is 2.39. The number of anilines is 1. The van der Waals surface area contributed by atoms with Gasteiger partial charge in [0.1, 0.15) is 5.82 Å². The van der Waals surface area contributed by atoms with Crippen molar-refractivity contribution in [1.29, 1.82) is 5.26 Å². The summed E-state index contributed by atoms with van der Waals surface area (Å²) in [7, 11) is 0. The van der Waals surface area contributed by atoms with Crippen LogP contribution in [0, 0.1) is 23.1 Å². The number of hydrogen-bond acceptors (Lipinski definition) is 3. The molecule has 0 aliphatic carbocycles. The van der Waals surface area contributed by atoms with Crippen LogP contribution in [-0.4, -0.2) is 19.1 Å². The first kappa shape index (κ1) is 12.8. The van der Waals surface area contributed by atoms with Crippen LogP contribution < -0.4 is 10.6 Å². The van der Waals surface area contributed by atoms with Gasteiger partial charge in [-0.15, -0.1) is 0 Å². The second-order valence-electron chi connectivity index (χ2n) is 4.96. The zero-order valence-corrected chi connectivity index (χ0v) is 10.6. The molecule has 0 spiro atoms. The van der Waals surface area contributed by atoms with E-state index in [2.05, 4.69) is 11.8 Å². The lowest BCUT2D eigenvalue weighted by Gasteiger charge is -2.39. The topological polar surface area (TPSA) is 53.0 Å². The third kappa shape index (κ3) is 2.46. The molecule has 4 heteroatoms. The summed E-state index contributed by atoms with van der Waals surface area (Å²) < 4.78 is 14.0. The third-order valence-corrected chi connectivity index (χ3v) is 3.70. The summed E-state index contributed by atoms with van der Waals surface area (Å²) in [5, 5.41) is 8.75. The standard InChI is InChI=1S/C14H18FN3/c1-10-2-3-12(8-17)9-18(10)14-5-4-11(7-16)6-13(14)15/h4-6,10,12H,2-3,8-9,17H2,1H3. The van der Waals surface area contributed by atoms with E-state index in [4.69, 9.17) is 11.0 Å². The summed E-state index contributed by atoms with van der Waals surface area (Å²) in [6.07, 6.45) is 2.13. The Kier molecular flexibility index (Phi) is 3.83. The molecule has 1 heterocycles. The Morgan fingerprint density at radius 3 is 2.89 bits per heavy atom. The Morgan fingerprint density at radius 1 is 1.50 bits per heavy atom. The Balaban J connectivity index is 2.26. The SMILES string of the molecule is CC1CCC(CN)CN1c1ccc(C#N)cc1F. The molecule has 1 saturated heterocycles. The lowest BCUT2D eigenvalue weighted by atomic mass is 9.93. The highest BCUT2D eigenvalue weighted by Gasteiger charge is 2.26. The van der Waals surface area contributed by atoms with Gasteiger partial charge in [0.05, 0.1) is 17.3 Å². The number of piperidine rings is 1. The van der Waals surface area contributed by atoms with Gasteiger partial charge in [-0.3, -0.25) is 0 Å². The number of rotatable bonds is 2. The van der Waals surface area contributed by atoms with Gasteiger partial charge in [0.2, 0.25) is 0 Å². The lowest BCUT2D eigenvalue weighted by Crippen LogP contribution is -2.44. The van der Waals surface area contributed by atoms with Crippen LogP contribution in [0.2, 0.25) is 0 Å². The van der Waals surface area contributed by atoms with E-state index in [-0.39, 0.29) is 5.82 Å². The molecule has 18 heavy (non-hydrogen) atoms. The van der Waals surface area contributed by atoms with Crippen molar-refractivity contribution < 1.29 is 4.39 Å². The van der Waals surface area contributed by atoms with Crippen molar-refractivity contribution in [2.45, 2.75) is 25.8 Å². The maximum absolute atomic E-state index is 14.0. The van der Waals surface area contributed by atoms with Crippen molar-refractivity contribution in [3.8, 4) is 6.07 Å². The van der Waals surface area contributed by atoms with Gasteiger partial charge in [-0.05, 0) is 50.4 Å². The molecule has 96 valence electrons. The maximum Gasteiger partial charge on any atom is 0.147 e. The van der Waals surface area contributed by atoms with Crippen LogP contribution in [0.15, 0.2) is 18.2 Å². The predicted molar refractivity (Wildman–Crippen MR) is 69.7 cm³/mol. The molecule has 1 aromatic rings. The molecular formula is C14H18FN3. The van der Waals surface area contributed by atoms with E-state index in [1.807, 2.05) is 6.07 Å². The molecule has 1 aromatic carbocycles. The minimum Gasteiger partial charge on any atom is -0.366 e. The van der Waals surface area contributed by atoms with Crippen molar-refractivity contribution in [3.63, 3.8) is 0 Å². The molecule has 2 rings (SSSR count). The summed E-state index contributed by atoms with van der Waals surface area (Å²) in [4.78, 5) is 2.07. The van der Waals surface area contributed by atoms with Crippen molar-refractivity contribution in [1.82, 2.24) is 0 Å². The first-order valence-electron chi connectivity index (χ1n) is 6.32. The molecule has 0 amide bonds. The van der Waals surface area contributed by atoms with Crippen LogP contribution in [-0.2, 0) is 0 Å². The second-order valence-corrected chi connectivity index (χ2v) is 4.96. The van der Waals surface area contributed by atoms with Gasteiger partial charge in [0, 0.05) is 12.6 Å². The first-order valence-corrected chi connectivity index (χ1v) is 6.32. The molecular weight excluding hydrogens is 229 g/mol. The van der Waals surface area contributed by atoms with E-state index in [9.17, 15) is 4.39 Å². The van der Waals surface area contributed by atoms with Crippen molar-refractivity contribution in [3.05, 3.63) is 29.6 Å². The molecule has 0 aromatic heterocycles. The predicted octanol–water partition coefficient (Wildman–Crippen LogP) is 2.26. The fourth-order valence-electron chi connectivity index (χ4n) is 2.52. The van der Waals surface area contributed by atoms with E-state index >= 15 is 0 Å². The van der Waals surface area contributed by atoms with Crippen LogP contribution in [0.25, 0.3) is 0 Å². The van der Waals surface area contributed by atoms with Crippen LogP contribution in [0.5, 0.6) is 0 Å². The minimum absolute atomic E-state index is 0.315. The van der Waals surface area contributed by atoms with Crippen LogP contribution >= 0.6 is 0 Å². The van der Waals surface area contributed by atoms with Crippen molar-refractivity contribution in [2.24, 2.45) is 11.7 Å². The number of nitrogens with zero attached hydrogens (tertiary/aromatic N) is 2. The zero-order valence-electron chi connectivity index (χ0n) is 10.6. The highest BCUT2D eigenvalue weighted by atomic mass is 19.1. The number of benzene rings is 1. The number of nitrogens with two attached hydrogens (primary N) is 1. The molecule has 2 atom stereocenters. The largest absolute Gasteiger partial charge is 0.366 e. The first-order chi connectivity index (χ1) is 8.65. The molecule has 3 nitrogen and oxygen atoms in total. The summed E-state index contributed by atoms with van der Waals surface area (Å²) in [5.74, 6) is 0.106. The fourth-order valence-corrected chi connectivity index (χ4v) is 2.52. The molecule has 0 saturated carbocycles. The Labute approximate surface area is 107 Å². The number of hydrogen-bond donors (Lipinski definition) is 1. The highest BCUT2D eigenvalue weighted by Crippen LogP contribution is 2.29. The van der Waals surface area contributed by atoms with Crippen molar-refractivity contribution in [2.75, 3.05) is 18.0 Å². The maximum atomic E-state index is 14.0. The van der Waals surface area contributed by atoms with Gasteiger partial charge in [-0.2, -0.15) is 5.26 Å². The molecule has 0 radical (unpaired) electrons. The highest BCUT2D eigenvalue weighted by molar-refractivity contribution is 5.52. The summed E-state index contributed by atoms with van der Waals surface area (Å²) >= 11 is 0. The van der Waals surface area contributed by atoms with Crippen molar-refractivity contribution >= 4 is 5.69 Å². The van der Waals surface area contributed by atoms with E-state index in [0.717, 1.165) is 19.4 Å². The summed E-state index contributed by atoms with van der Waals surface area (Å²) in [5.41, 5.74) is 6.65. The average molecular weight is 247 g/mol. The quantitative estimate of drug-likeness (QED) is 0.872. The van der Waals surface area contributed by atoms with E-state index in [1.54, 1.807) is 12.1 Å². The van der Waals surface area contributed by atoms with Crippen LogP contribution in [0.4, 0.5) is 10.1 Å². The second kappa shape index (κ2) is 5.36.